The first-order chi connectivity index (χ1) is 9.31. The van der Waals surface area contributed by atoms with Gasteiger partial charge in [0.15, 0.2) is 0 Å². The average molecular weight is 290 g/mol. The maximum Gasteiger partial charge on any atom is 0.328 e. The van der Waals surface area contributed by atoms with Crippen molar-refractivity contribution in [3.63, 3.8) is 0 Å². The van der Waals surface area contributed by atoms with Gasteiger partial charge in [0.2, 0.25) is 0 Å². The lowest BCUT2D eigenvalue weighted by molar-refractivity contribution is -0.143. The summed E-state index contributed by atoms with van der Waals surface area (Å²) in [6.07, 6.45) is 0.258. The highest BCUT2D eigenvalue weighted by Crippen LogP contribution is 2.06. The van der Waals surface area contributed by atoms with Gasteiger partial charge in [-0.3, -0.25) is 0 Å². The molecule has 1 unspecified atom stereocenters. The molecule has 0 aromatic heterocycles. The Hall–Kier alpha value is -1.83. The topological polar surface area (TPSA) is 125 Å². The highest BCUT2D eigenvalue weighted by molar-refractivity contribution is 5.86. The quantitative estimate of drug-likeness (QED) is 0.455. The van der Waals surface area contributed by atoms with Crippen molar-refractivity contribution in [2.24, 2.45) is 5.92 Å². The molecule has 4 N–H and O–H groups in total. The van der Waals surface area contributed by atoms with Crippen LogP contribution in [-0.2, 0) is 14.3 Å². The number of aliphatic hydroxyl groups excluding tert-OH is 1. The van der Waals surface area contributed by atoms with Crippen LogP contribution in [0.5, 0.6) is 0 Å². The number of carbonyl (C=O) groups excluding carboxylic acids is 2. The van der Waals surface area contributed by atoms with E-state index in [2.05, 4.69) is 15.4 Å². The molecule has 2 amide bonds. The number of methoxy groups -OCH3 is 1. The fourth-order valence-electron chi connectivity index (χ4n) is 1.57. The molecule has 8 heteroatoms. The van der Waals surface area contributed by atoms with E-state index in [0.717, 1.165) is 0 Å². The third kappa shape index (κ3) is 6.93. The summed E-state index contributed by atoms with van der Waals surface area (Å²) in [6.45, 7) is 3.38. The molecule has 0 heterocycles. The number of aliphatic hydroxyl groups is 1. The Kier molecular flexibility index (Phi) is 8.30. The molecule has 0 saturated heterocycles. The minimum Gasteiger partial charge on any atom is -0.480 e. The first kappa shape index (κ1) is 18.2. The maximum absolute atomic E-state index is 11.7. The number of carbonyl (C=O) groups is 3. The van der Waals surface area contributed by atoms with Gasteiger partial charge in [0.1, 0.15) is 12.1 Å². The number of hydrogen-bond acceptors (Lipinski definition) is 5. The van der Waals surface area contributed by atoms with Crippen LogP contribution < -0.4 is 10.6 Å². The summed E-state index contributed by atoms with van der Waals surface area (Å²) >= 11 is 0. The van der Waals surface area contributed by atoms with Crippen molar-refractivity contribution < 1.29 is 29.3 Å². The summed E-state index contributed by atoms with van der Waals surface area (Å²) in [4.78, 5) is 34.0. The Bertz CT molecular complexity index is 345. The van der Waals surface area contributed by atoms with E-state index in [1.165, 1.54) is 7.11 Å². The molecule has 0 spiro atoms. The van der Waals surface area contributed by atoms with Gasteiger partial charge < -0.3 is 25.6 Å². The Morgan fingerprint density at radius 3 is 2.10 bits per heavy atom. The second-order valence-corrected chi connectivity index (χ2v) is 4.73. The number of carboxylic acid groups (broad SMARTS) is 1. The fraction of sp³-hybridized carbons (Fsp3) is 0.750. The minimum atomic E-state index is -1.26. The third-order valence-corrected chi connectivity index (χ3v) is 2.52. The van der Waals surface area contributed by atoms with Crippen molar-refractivity contribution in [2.75, 3.05) is 13.7 Å². The van der Waals surface area contributed by atoms with Crippen LogP contribution in [0, 0.1) is 5.92 Å². The lowest BCUT2D eigenvalue weighted by atomic mass is 10.0. The number of carboxylic acids is 1. The molecule has 0 saturated carbocycles. The number of ether oxygens (including phenoxy) is 1. The van der Waals surface area contributed by atoms with E-state index in [1.807, 2.05) is 13.8 Å². The Balaban J connectivity index is 4.58. The van der Waals surface area contributed by atoms with Gasteiger partial charge in [-0.2, -0.15) is 0 Å². The van der Waals surface area contributed by atoms with E-state index in [-0.39, 0.29) is 18.9 Å². The van der Waals surface area contributed by atoms with Crippen LogP contribution >= 0.6 is 0 Å². The second kappa shape index (κ2) is 9.13. The van der Waals surface area contributed by atoms with E-state index in [0.29, 0.717) is 6.42 Å². The molecular weight excluding hydrogens is 268 g/mol. The minimum absolute atomic E-state index is 0.115. The number of amides is 2. The van der Waals surface area contributed by atoms with Crippen LogP contribution in [0.4, 0.5) is 4.79 Å². The Morgan fingerprint density at radius 2 is 1.70 bits per heavy atom. The molecular formula is C12H22N2O6. The lowest BCUT2D eigenvalue weighted by Gasteiger charge is -2.20. The van der Waals surface area contributed by atoms with Crippen molar-refractivity contribution in [3.8, 4) is 0 Å². The molecule has 2 atom stereocenters. The summed E-state index contributed by atoms with van der Waals surface area (Å²) in [5.74, 6) is -1.71. The normalized spacial score (nSPS) is 13.4. The first-order valence-corrected chi connectivity index (χ1v) is 6.30. The summed E-state index contributed by atoms with van der Waals surface area (Å²) in [5.41, 5.74) is 0. The molecule has 0 aliphatic carbocycles. The molecule has 0 aromatic carbocycles. The predicted octanol–water partition coefficient (Wildman–Crippen LogP) is -0.291. The standard InChI is InChI=1S/C12H22N2O6/c1-7(2)6-9(11(18)20-3)14-12(19)13-8(4-5-15)10(16)17/h7-9,15H,4-6H2,1-3H3,(H,16,17)(H2,13,14,19)/t8-,9?/m1/s1. The van der Waals surface area contributed by atoms with E-state index in [4.69, 9.17) is 10.2 Å². The predicted molar refractivity (Wildman–Crippen MR) is 70.1 cm³/mol. The van der Waals surface area contributed by atoms with Gasteiger partial charge in [0, 0.05) is 13.0 Å². The number of esters is 1. The average Bonchev–Trinajstić information content (AvgIpc) is 2.35. The third-order valence-electron chi connectivity index (χ3n) is 2.52. The van der Waals surface area contributed by atoms with Gasteiger partial charge in [-0.15, -0.1) is 0 Å². The number of urea groups is 1. The van der Waals surface area contributed by atoms with E-state index < -0.39 is 30.1 Å². The molecule has 0 aliphatic rings. The molecule has 0 aromatic rings. The molecule has 0 fully saturated rings. The van der Waals surface area contributed by atoms with Gasteiger partial charge in [-0.1, -0.05) is 13.8 Å². The number of rotatable bonds is 8. The van der Waals surface area contributed by atoms with Gasteiger partial charge in [0.05, 0.1) is 7.11 Å². The van der Waals surface area contributed by atoms with Gasteiger partial charge in [0.25, 0.3) is 0 Å². The van der Waals surface area contributed by atoms with Crippen molar-refractivity contribution in [1.29, 1.82) is 0 Å². The van der Waals surface area contributed by atoms with Gasteiger partial charge in [-0.05, 0) is 12.3 Å². The van der Waals surface area contributed by atoms with Crippen molar-refractivity contribution in [1.82, 2.24) is 10.6 Å². The zero-order valence-corrected chi connectivity index (χ0v) is 11.9. The van der Waals surface area contributed by atoms with Crippen molar-refractivity contribution in [3.05, 3.63) is 0 Å². The molecule has 0 aliphatic heterocycles. The van der Waals surface area contributed by atoms with Crippen LogP contribution in [0.25, 0.3) is 0 Å². The SMILES string of the molecule is COC(=O)C(CC(C)C)NC(=O)N[C@H](CCO)C(=O)O. The first-order valence-electron chi connectivity index (χ1n) is 6.30. The zero-order chi connectivity index (χ0) is 15.7. The van der Waals surface area contributed by atoms with E-state index >= 15 is 0 Å². The molecule has 20 heavy (non-hydrogen) atoms. The van der Waals surface area contributed by atoms with Crippen LogP contribution in [0.2, 0.25) is 0 Å². The van der Waals surface area contributed by atoms with Crippen LogP contribution in [0.15, 0.2) is 0 Å². The number of hydrogen-bond donors (Lipinski definition) is 4. The molecule has 8 nitrogen and oxygen atoms in total. The number of aliphatic carboxylic acids is 1. The van der Waals surface area contributed by atoms with Crippen molar-refractivity contribution >= 4 is 18.0 Å². The zero-order valence-electron chi connectivity index (χ0n) is 11.9. The molecule has 0 radical (unpaired) electrons. The van der Waals surface area contributed by atoms with E-state index in [1.54, 1.807) is 0 Å². The fourth-order valence-corrected chi connectivity index (χ4v) is 1.57. The van der Waals surface area contributed by atoms with E-state index in [9.17, 15) is 14.4 Å². The Labute approximate surface area is 117 Å². The lowest BCUT2D eigenvalue weighted by Crippen LogP contribution is -2.51. The largest absolute Gasteiger partial charge is 0.480 e. The second-order valence-electron chi connectivity index (χ2n) is 4.73. The monoisotopic (exact) mass is 290 g/mol. The highest BCUT2D eigenvalue weighted by atomic mass is 16.5. The molecule has 0 bridgehead atoms. The Morgan fingerprint density at radius 1 is 1.15 bits per heavy atom. The highest BCUT2D eigenvalue weighted by Gasteiger charge is 2.25. The van der Waals surface area contributed by atoms with Gasteiger partial charge in [-0.25, -0.2) is 14.4 Å². The summed E-state index contributed by atoms with van der Waals surface area (Å²) < 4.78 is 4.58. The summed E-state index contributed by atoms with van der Waals surface area (Å²) in [5, 5.41) is 22.1. The number of nitrogens with one attached hydrogen (secondary N) is 2. The van der Waals surface area contributed by atoms with Crippen molar-refractivity contribution in [2.45, 2.75) is 38.8 Å². The summed E-state index contributed by atoms with van der Waals surface area (Å²) in [7, 11) is 1.21. The van der Waals surface area contributed by atoms with Crippen LogP contribution in [0.1, 0.15) is 26.7 Å². The molecule has 116 valence electrons. The smallest absolute Gasteiger partial charge is 0.328 e. The van der Waals surface area contributed by atoms with Gasteiger partial charge >= 0.3 is 18.0 Å². The maximum atomic E-state index is 11.7. The van der Waals surface area contributed by atoms with Crippen LogP contribution in [-0.4, -0.2) is 54.0 Å². The summed E-state index contributed by atoms with van der Waals surface area (Å²) in [6, 6.07) is -2.84. The van der Waals surface area contributed by atoms with Crippen LogP contribution in [0.3, 0.4) is 0 Å². The molecule has 0 rings (SSSR count).